The molecule has 0 bridgehead atoms. The van der Waals surface area contributed by atoms with Crippen molar-refractivity contribution in [3.8, 4) is 0 Å². The smallest absolute Gasteiger partial charge is 0.336 e. The summed E-state index contributed by atoms with van der Waals surface area (Å²) in [7, 11) is 0. The Hall–Kier alpha value is -1.03. The summed E-state index contributed by atoms with van der Waals surface area (Å²) in [5.74, 6) is -1.10. The van der Waals surface area contributed by atoms with Gasteiger partial charge < -0.3 is 5.11 Å². The molecule has 1 aromatic heterocycles. The summed E-state index contributed by atoms with van der Waals surface area (Å²) in [5.41, 5.74) is 0.940. The molecule has 2 rings (SSSR count). The van der Waals surface area contributed by atoms with E-state index in [1.807, 2.05) is 0 Å². The molecule has 6 heteroatoms. The van der Waals surface area contributed by atoms with Crippen LogP contribution in [0.15, 0.2) is 12.1 Å². The normalized spacial score (nSPS) is 10.8. The number of benzene rings is 1. The fourth-order valence-electron chi connectivity index (χ4n) is 1.60. The number of carbonyl (C=O) groups is 1. The zero-order chi connectivity index (χ0) is 12.7. The van der Waals surface area contributed by atoms with Crippen molar-refractivity contribution in [3.05, 3.63) is 38.5 Å². The Kier molecular flexibility index (Phi) is 3.17. The molecule has 0 atom stereocenters. The van der Waals surface area contributed by atoms with Crippen LogP contribution in [0.5, 0.6) is 0 Å². The molecule has 1 aromatic carbocycles. The van der Waals surface area contributed by atoms with E-state index in [1.54, 1.807) is 6.92 Å². The molecule has 0 aliphatic heterocycles. The lowest BCUT2D eigenvalue weighted by Gasteiger charge is -2.08. The van der Waals surface area contributed by atoms with Crippen molar-refractivity contribution in [3.63, 3.8) is 0 Å². The van der Waals surface area contributed by atoms with Crippen LogP contribution in [0.25, 0.3) is 10.9 Å². The summed E-state index contributed by atoms with van der Waals surface area (Å²) in [6, 6.07) is 2.88. The Morgan fingerprint density at radius 1 is 1.24 bits per heavy atom. The number of aromatic carboxylic acids is 1. The van der Waals surface area contributed by atoms with Crippen molar-refractivity contribution >= 4 is 51.7 Å². The highest BCUT2D eigenvalue weighted by molar-refractivity contribution is 6.48. The minimum atomic E-state index is -1.10. The summed E-state index contributed by atoms with van der Waals surface area (Å²) in [6.45, 7) is 1.69. The second-order valence-corrected chi connectivity index (χ2v) is 4.69. The summed E-state index contributed by atoms with van der Waals surface area (Å²) in [6.07, 6.45) is 0. The number of nitrogens with zero attached hydrogens (tertiary/aromatic N) is 1. The van der Waals surface area contributed by atoms with Gasteiger partial charge in [0.1, 0.15) is 0 Å². The fourth-order valence-corrected chi connectivity index (χ4v) is 2.35. The highest BCUT2D eigenvalue weighted by Gasteiger charge is 2.18. The molecule has 1 N–H and O–H groups in total. The van der Waals surface area contributed by atoms with Gasteiger partial charge in [0.15, 0.2) is 0 Å². The van der Waals surface area contributed by atoms with Gasteiger partial charge in [0.25, 0.3) is 0 Å². The van der Waals surface area contributed by atoms with E-state index in [0.29, 0.717) is 11.2 Å². The predicted octanol–water partition coefficient (Wildman–Crippen LogP) is 4.20. The quantitative estimate of drug-likeness (QED) is 0.801. The van der Waals surface area contributed by atoms with E-state index in [4.69, 9.17) is 39.9 Å². The lowest BCUT2D eigenvalue weighted by Crippen LogP contribution is -2.01. The summed E-state index contributed by atoms with van der Waals surface area (Å²) < 4.78 is 0. The first-order valence-corrected chi connectivity index (χ1v) is 5.73. The molecule has 0 unspecified atom stereocenters. The topological polar surface area (TPSA) is 50.2 Å². The van der Waals surface area contributed by atoms with Crippen LogP contribution in [0.3, 0.4) is 0 Å². The number of halogens is 3. The van der Waals surface area contributed by atoms with Gasteiger partial charge in [-0.1, -0.05) is 34.8 Å². The van der Waals surface area contributed by atoms with E-state index >= 15 is 0 Å². The maximum absolute atomic E-state index is 11.2. The standard InChI is InChI=1S/C11H6Cl3NO2/c1-4-2-5(11(16)17)8-9(14)6(12)3-7(13)10(8)15-4/h2-3H,1H3,(H,16,17). The van der Waals surface area contributed by atoms with E-state index in [0.717, 1.165) is 0 Å². The Morgan fingerprint density at radius 3 is 2.47 bits per heavy atom. The third-order valence-electron chi connectivity index (χ3n) is 2.29. The van der Waals surface area contributed by atoms with Crippen LogP contribution in [-0.2, 0) is 0 Å². The number of carboxylic acids is 1. The van der Waals surface area contributed by atoms with Crippen LogP contribution in [0.4, 0.5) is 0 Å². The number of pyridine rings is 1. The fraction of sp³-hybridized carbons (Fsp3) is 0.0909. The van der Waals surface area contributed by atoms with Gasteiger partial charge in [0, 0.05) is 11.1 Å². The van der Waals surface area contributed by atoms with Gasteiger partial charge in [-0.15, -0.1) is 0 Å². The van der Waals surface area contributed by atoms with Crippen LogP contribution in [0.2, 0.25) is 15.1 Å². The van der Waals surface area contributed by atoms with Gasteiger partial charge in [0.05, 0.1) is 26.1 Å². The van der Waals surface area contributed by atoms with E-state index in [9.17, 15) is 4.79 Å². The first kappa shape index (κ1) is 12.4. The van der Waals surface area contributed by atoms with Crippen molar-refractivity contribution < 1.29 is 9.90 Å². The molecule has 0 spiro atoms. The minimum Gasteiger partial charge on any atom is -0.478 e. The number of aryl methyl sites for hydroxylation is 1. The van der Waals surface area contributed by atoms with E-state index in [-0.39, 0.29) is 26.0 Å². The van der Waals surface area contributed by atoms with Crippen molar-refractivity contribution in [2.45, 2.75) is 6.92 Å². The lowest BCUT2D eigenvalue weighted by molar-refractivity contribution is 0.0699. The molecule has 0 aliphatic rings. The molecule has 1 heterocycles. The zero-order valence-electron chi connectivity index (χ0n) is 8.59. The van der Waals surface area contributed by atoms with E-state index < -0.39 is 5.97 Å². The molecule has 0 saturated carbocycles. The third-order valence-corrected chi connectivity index (χ3v) is 3.36. The Balaban J connectivity index is 3.05. The summed E-state index contributed by atoms with van der Waals surface area (Å²) in [4.78, 5) is 15.4. The molecule has 17 heavy (non-hydrogen) atoms. The Bertz CT molecular complexity index is 640. The van der Waals surface area contributed by atoms with Gasteiger partial charge in [-0.2, -0.15) is 0 Å². The lowest BCUT2D eigenvalue weighted by atomic mass is 10.1. The average Bonchev–Trinajstić information content (AvgIpc) is 2.25. The number of rotatable bonds is 1. The first-order chi connectivity index (χ1) is 7.91. The van der Waals surface area contributed by atoms with Gasteiger partial charge in [-0.3, -0.25) is 4.98 Å². The summed E-state index contributed by atoms with van der Waals surface area (Å²) in [5, 5.41) is 10.0. The van der Waals surface area contributed by atoms with E-state index in [2.05, 4.69) is 4.98 Å². The van der Waals surface area contributed by atoms with Gasteiger partial charge in [-0.25, -0.2) is 4.79 Å². The summed E-state index contributed by atoms with van der Waals surface area (Å²) >= 11 is 17.9. The molecule has 2 aromatic rings. The maximum Gasteiger partial charge on any atom is 0.336 e. The molecule has 88 valence electrons. The number of fused-ring (bicyclic) bond motifs is 1. The van der Waals surface area contributed by atoms with Crippen molar-refractivity contribution in [2.75, 3.05) is 0 Å². The maximum atomic E-state index is 11.2. The number of hydrogen-bond acceptors (Lipinski definition) is 2. The number of hydrogen-bond donors (Lipinski definition) is 1. The number of aromatic nitrogens is 1. The van der Waals surface area contributed by atoms with Crippen LogP contribution < -0.4 is 0 Å². The molecule has 0 fully saturated rings. The van der Waals surface area contributed by atoms with E-state index in [1.165, 1.54) is 12.1 Å². The Labute approximate surface area is 112 Å². The minimum absolute atomic E-state index is 0.0434. The van der Waals surface area contributed by atoms with Crippen molar-refractivity contribution in [1.82, 2.24) is 4.98 Å². The molecular weight excluding hydrogens is 284 g/mol. The molecule has 0 saturated heterocycles. The van der Waals surface area contributed by atoms with Crippen molar-refractivity contribution in [2.24, 2.45) is 0 Å². The van der Waals surface area contributed by atoms with Crippen molar-refractivity contribution in [1.29, 1.82) is 0 Å². The van der Waals surface area contributed by atoms with Crippen LogP contribution in [-0.4, -0.2) is 16.1 Å². The van der Waals surface area contributed by atoms with Crippen LogP contribution in [0.1, 0.15) is 16.1 Å². The van der Waals surface area contributed by atoms with Gasteiger partial charge >= 0.3 is 5.97 Å². The monoisotopic (exact) mass is 289 g/mol. The highest BCUT2D eigenvalue weighted by atomic mass is 35.5. The second-order valence-electron chi connectivity index (χ2n) is 3.49. The largest absolute Gasteiger partial charge is 0.478 e. The molecule has 0 radical (unpaired) electrons. The first-order valence-electron chi connectivity index (χ1n) is 4.60. The van der Waals surface area contributed by atoms with Crippen LogP contribution >= 0.6 is 34.8 Å². The second kappa shape index (κ2) is 4.33. The third kappa shape index (κ3) is 2.06. The average molecular weight is 291 g/mol. The predicted molar refractivity (Wildman–Crippen MR) is 68.5 cm³/mol. The van der Waals surface area contributed by atoms with Crippen LogP contribution in [0, 0.1) is 6.92 Å². The SMILES string of the molecule is Cc1cc(C(=O)O)c2c(Cl)c(Cl)cc(Cl)c2n1. The molecule has 0 amide bonds. The molecular formula is C11H6Cl3NO2. The molecule has 0 aliphatic carbocycles. The molecule has 3 nitrogen and oxygen atoms in total. The Morgan fingerprint density at radius 2 is 1.88 bits per heavy atom. The highest BCUT2D eigenvalue weighted by Crippen LogP contribution is 2.37. The zero-order valence-corrected chi connectivity index (χ0v) is 10.9. The number of carboxylic acid groups (broad SMARTS) is 1. The van der Waals surface area contributed by atoms with Gasteiger partial charge in [0.2, 0.25) is 0 Å². The van der Waals surface area contributed by atoms with Gasteiger partial charge in [-0.05, 0) is 19.1 Å².